The number of carbonyl (C=O) groups excluding carboxylic acids is 1. The highest BCUT2D eigenvalue weighted by Gasteiger charge is 2.46. The van der Waals surface area contributed by atoms with E-state index in [1.807, 2.05) is 44.2 Å². The van der Waals surface area contributed by atoms with Crippen LogP contribution in [0.5, 0.6) is 0 Å². The first-order chi connectivity index (χ1) is 9.02. The summed E-state index contributed by atoms with van der Waals surface area (Å²) >= 11 is 0. The molecule has 3 rings (SSSR count). The van der Waals surface area contributed by atoms with Crippen LogP contribution in [-0.4, -0.2) is 12.0 Å². The van der Waals surface area contributed by atoms with Crippen LogP contribution in [0.4, 0.5) is 0 Å². The van der Waals surface area contributed by atoms with Crippen molar-refractivity contribution in [1.29, 1.82) is 0 Å². The molecule has 0 fully saturated rings. The molecule has 1 aromatic carbocycles. The van der Waals surface area contributed by atoms with Gasteiger partial charge in [-0.05, 0) is 13.0 Å². The first kappa shape index (κ1) is 12.2. The SMILES string of the molecule is CC1=CC(N)C(C)(C2OC(=O)c3ccccc32)C=C1. The molecule has 2 aliphatic rings. The van der Waals surface area contributed by atoms with Gasteiger partial charge in [-0.2, -0.15) is 0 Å². The third-order valence-electron chi connectivity index (χ3n) is 4.12. The number of carbonyl (C=O) groups is 1. The van der Waals surface area contributed by atoms with E-state index in [0.717, 1.165) is 11.1 Å². The van der Waals surface area contributed by atoms with E-state index in [1.54, 1.807) is 6.07 Å². The lowest BCUT2D eigenvalue weighted by atomic mass is 9.72. The quantitative estimate of drug-likeness (QED) is 0.785. The molecule has 0 amide bonds. The Morgan fingerprint density at radius 2 is 2.05 bits per heavy atom. The van der Waals surface area contributed by atoms with E-state index >= 15 is 0 Å². The van der Waals surface area contributed by atoms with Crippen molar-refractivity contribution in [2.45, 2.75) is 26.0 Å². The van der Waals surface area contributed by atoms with Gasteiger partial charge >= 0.3 is 5.97 Å². The number of esters is 1. The second-order valence-corrected chi connectivity index (χ2v) is 5.51. The lowest BCUT2D eigenvalue weighted by molar-refractivity contribution is 0.00743. The Labute approximate surface area is 112 Å². The largest absolute Gasteiger partial charge is 0.453 e. The van der Waals surface area contributed by atoms with Gasteiger partial charge in [0.25, 0.3) is 0 Å². The second-order valence-electron chi connectivity index (χ2n) is 5.51. The summed E-state index contributed by atoms with van der Waals surface area (Å²) in [4.78, 5) is 11.9. The van der Waals surface area contributed by atoms with Crippen LogP contribution in [0.3, 0.4) is 0 Å². The maximum Gasteiger partial charge on any atom is 0.339 e. The number of fused-ring (bicyclic) bond motifs is 1. The van der Waals surface area contributed by atoms with Crippen molar-refractivity contribution in [2.24, 2.45) is 11.1 Å². The van der Waals surface area contributed by atoms with E-state index in [1.165, 1.54) is 0 Å². The Bertz CT molecular complexity index is 603. The molecule has 1 aliphatic carbocycles. The normalized spacial score (nSPS) is 32.8. The highest BCUT2D eigenvalue weighted by molar-refractivity contribution is 5.94. The van der Waals surface area contributed by atoms with Gasteiger partial charge in [-0.1, -0.05) is 48.9 Å². The molecule has 3 unspecified atom stereocenters. The number of nitrogens with two attached hydrogens (primary N) is 1. The number of benzene rings is 1. The summed E-state index contributed by atoms with van der Waals surface area (Å²) in [6.45, 7) is 4.06. The van der Waals surface area contributed by atoms with Crippen LogP contribution < -0.4 is 5.73 Å². The van der Waals surface area contributed by atoms with Crippen LogP contribution in [0.25, 0.3) is 0 Å². The van der Waals surface area contributed by atoms with Gasteiger partial charge in [-0.25, -0.2) is 4.79 Å². The van der Waals surface area contributed by atoms with Crippen LogP contribution >= 0.6 is 0 Å². The topological polar surface area (TPSA) is 52.3 Å². The summed E-state index contributed by atoms with van der Waals surface area (Å²) in [6, 6.07) is 7.37. The van der Waals surface area contributed by atoms with E-state index in [-0.39, 0.29) is 18.1 Å². The summed E-state index contributed by atoms with van der Waals surface area (Å²) < 4.78 is 5.58. The summed E-state index contributed by atoms with van der Waals surface area (Å²) in [7, 11) is 0. The van der Waals surface area contributed by atoms with Gasteiger partial charge in [0.15, 0.2) is 0 Å². The van der Waals surface area contributed by atoms with E-state index in [9.17, 15) is 4.79 Å². The maximum absolute atomic E-state index is 11.9. The molecule has 19 heavy (non-hydrogen) atoms. The van der Waals surface area contributed by atoms with Gasteiger partial charge in [0.2, 0.25) is 0 Å². The zero-order valence-corrected chi connectivity index (χ0v) is 11.1. The van der Waals surface area contributed by atoms with Crippen molar-refractivity contribution in [2.75, 3.05) is 0 Å². The zero-order valence-electron chi connectivity index (χ0n) is 11.1. The molecular weight excluding hydrogens is 238 g/mol. The monoisotopic (exact) mass is 255 g/mol. The van der Waals surface area contributed by atoms with Gasteiger partial charge in [0, 0.05) is 17.0 Å². The summed E-state index contributed by atoms with van der Waals surface area (Å²) in [6.07, 6.45) is 5.81. The molecular formula is C16H17NO2. The molecule has 1 aromatic rings. The van der Waals surface area contributed by atoms with E-state index in [2.05, 4.69) is 6.08 Å². The van der Waals surface area contributed by atoms with Crippen LogP contribution in [0, 0.1) is 5.41 Å². The Balaban J connectivity index is 2.06. The number of hydrogen-bond acceptors (Lipinski definition) is 3. The number of rotatable bonds is 1. The molecule has 0 radical (unpaired) electrons. The lowest BCUT2D eigenvalue weighted by Crippen LogP contribution is -2.42. The fraction of sp³-hybridized carbons (Fsp3) is 0.312. The fourth-order valence-electron chi connectivity index (χ4n) is 2.81. The molecule has 0 spiro atoms. The second kappa shape index (κ2) is 4.07. The minimum Gasteiger partial charge on any atom is -0.453 e. The third-order valence-corrected chi connectivity index (χ3v) is 4.12. The first-order valence-electron chi connectivity index (χ1n) is 6.45. The third kappa shape index (κ3) is 1.73. The van der Waals surface area contributed by atoms with Crippen molar-refractivity contribution in [3.8, 4) is 0 Å². The van der Waals surface area contributed by atoms with Crippen LogP contribution in [-0.2, 0) is 4.74 Å². The zero-order chi connectivity index (χ0) is 13.6. The first-order valence-corrected chi connectivity index (χ1v) is 6.45. The smallest absolute Gasteiger partial charge is 0.339 e. The van der Waals surface area contributed by atoms with Crippen LogP contribution in [0.15, 0.2) is 48.1 Å². The van der Waals surface area contributed by atoms with Crippen molar-refractivity contribution >= 4 is 5.97 Å². The van der Waals surface area contributed by atoms with Gasteiger partial charge < -0.3 is 10.5 Å². The number of allylic oxidation sites excluding steroid dienone is 2. The Kier molecular flexibility index (Phi) is 2.61. The van der Waals surface area contributed by atoms with Gasteiger partial charge in [0.1, 0.15) is 6.10 Å². The van der Waals surface area contributed by atoms with E-state index in [0.29, 0.717) is 5.56 Å². The minimum atomic E-state index is -0.401. The number of cyclic esters (lactones) is 1. The van der Waals surface area contributed by atoms with Crippen molar-refractivity contribution in [1.82, 2.24) is 0 Å². The highest BCUT2D eigenvalue weighted by atomic mass is 16.5. The van der Waals surface area contributed by atoms with Crippen LogP contribution in [0.2, 0.25) is 0 Å². The molecule has 3 nitrogen and oxygen atoms in total. The fourth-order valence-corrected chi connectivity index (χ4v) is 2.81. The predicted molar refractivity (Wildman–Crippen MR) is 73.6 cm³/mol. The predicted octanol–water partition coefficient (Wildman–Crippen LogP) is 2.75. The van der Waals surface area contributed by atoms with Crippen LogP contribution in [0.1, 0.15) is 35.9 Å². The molecule has 0 bridgehead atoms. The molecule has 2 N–H and O–H groups in total. The average molecular weight is 255 g/mol. The molecule has 3 atom stereocenters. The maximum atomic E-state index is 11.9. The summed E-state index contributed by atoms with van der Waals surface area (Å²) in [5.74, 6) is -0.256. The molecule has 1 heterocycles. The molecule has 98 valence electrons. The number of ether oxygens (including phenoxy) is 1. The molecule has 0 saturated carbocycles. The molecule has 0 aromatic heterocycles. The number of hydrogen-bond donors (Lipinski definition) is 1. The molecule has 3 heteroatoms. The lowest BCUT2D eigenvalue weighted by Gasteiger charge is -2.38. The van der Waals surface area contributed by atoms with E-state index < -0.39 is 5.41 Å². The summed E-state index contributed by atoms with van der Waals surface area (Å²) in [5, 5.41) is 0. The highest BCUT2D eigenvalue weighted by Crippen LogP contribution is 2.47. The molecule has 0 saturated heterocycles. The van der Waals surface area contributed by atoms with Crippen molar-refractivity contribution < 1.29 is 9.53 Å². The van der Waals surface area contributed by atoms with E-state index in [4.69, 9.17) is 10.5 Å². The Morgan fingerprint density at radius 1 is 1.32 bits per heavy atom. The molecule has 1 aliphatic heterocycles. The van der Waals surface area contributed by atoms with Crippen molar-refractivity contribution in [3.63, 3.8) is 0 Å². The van der Waals surface area contributed by atoms with Gasteiger partial charge in [-0.3, -0.25) is 0 Å². The average Bonchev–Trinajstić information content (AvgIpc) is 2.73. The Hall–Kier alpha value is -1.87. The minimum absolute atomic E-state index is 0.165. The summed E-state index contributed by atoms with van der Waals surface area (Å²) in [5.41, 5.74) is 8.59. The standard InChI is InChI=1S/C16H17NO2/c1-10-7-8-16(2,13(17)9-10)14-11-5-3-4-6-12(11)15(18)19-14/h3-9,13-14H,17H2,1-2H3. The van der Waals surface area contributed by atoms with Crippen molar-refractivity contribution in [3.05, 3.63) is 59.2 Å². The van der Waals surface area contributed by atoms with Gasteiger partial charge in [0.05, 0.1) is 5.56 Å². The van der Waals surface area contributed by atoms with Gasteiger partial charge in [-0.15, -0.1) is 0 Å². The Morgan fingerprint density at radius 3 is 2.79 bits per heavy atom.